The second kappa shape index (κ2) is 14.7. The molecule has 0 saturated heterocycles. The number of nitriles is 1. The number of methoxy groups -OCH3 is 2. The summed E-state index contributed by atoms with van der Waals surface area (Å²) >= 11 is 9.29. The van der Waals surface area contributed by atoms with Gasteiger partial charge in [0.1, 0.15) is 12.4 Å². The molecule has 1 atom stereocenters. The number of allylic oxidation sites excluding steroid dienone is 1. The van der Waals surface area contributed by atoms with Crippen LogP contribution in [0.4, 0.5) is 0 Å². The number of thiazole rings is 1. The Bertz CT molecular complexity index is 2120. The van der Waals surface area contributed by atoms with Crippen LogP contribution in [0.5, 0.6) is 17.2 Å². The summed E-state index contributed by atoms with van der Waals surface area (Å²) in [5.74, 6) is 0.948. The van der Waals surface area contributed by atoms with Crippen LogP contribution in [0.25, 0.3) is 6.08 Å². The molecule has 0 spiro atoms. The van der Waals surface area contributed by atoms with E-state index in [4.69, 9.17) is 23.9 Å². The fourth-order valence-corrected chi connectivity index (χ4v) is 8.67. The maximum atomic E-state index is 14.3. The van der Waals surface area contributed by atoms with Crippen LogP contribution in [0, 0.1) is 18.5 Å². The quantitative estimate of drug-likeness (QED) is 0.145. The van der Waals surface area contributed by atoms with E-state index in [-0.39, 0.29) is 24.3 Å². The van der Waals surface area contributed by atoms with Crippen LogP contribution in [-0.4, -0.2) is 31.4 Å². The zero-order chi connectivity index (χ0) is 33.1. The fraction of sp³-hybridized carbons (Fsp3) is 0.212. The van der Waals surface area contributed by atoms with Crippen molar-refractivity contribution in [1.82, 2.24) is 4.57 Å². The van der Waals surface area contributed by atoms with Crippen molar-refractivity contribution in [2.45, 2.75) is 26.5 Å². The molecule has 1 aliphatic heterocycles. The topological polar surface area (TPSA) is 112 Å². The van der Waals surface area contributed by atoms with E-state index in [9.17, 15) is 14.9 Å². The summed E-state index contributed by atoms with van der Waals surface area (Å²) in [6.45, 7) is 3.80. The van der Waals surface area contributed by atoms with Crippen molar-refractivity contribution < 1.29 is 23.7 Å². The number of aromatic nitrogens is 1. The van der Waals surface area contributed by atoms with Crippen molar-refractivity contribution >= 4 is 84.5 Å². The van der Waals surface area contributed by atoms with Crippen molar-refractivity contribution in [2.75, 3.05) is 20.8 Å². The number of hydrogen-bond donors (Lipinski definition) is 0. The maximum Gasteiger partial charge on any atom is 0.338 e. The van der Waals surface area contributed by atoms with Crippen LogP contribution < -0.4 is 29.1 Å². The Kier molecular flexibility index (Phi) is 10.9. The summed E-state index contributed by atoms with van der Waals surface area (Å²) in [7, 11) is 3.06. The largest absolute Gasteiger partial charge is 0.493 e. The molecule has 4 aromatic rings. The third-order valence-corrected chi connectivity index (χ3v) is 10.2. The molecule has 0 aliphatic carbocycles. The molecule has 0 bridgehead atoms. The summed E-state index contributed by atoms with van der Waals surface area (Å²) < 4.78 is 27.1. The first-order valence-corrected chi connectivity index (χ1v) is 17.6. The molecule has 9 nitrogen and oxygen atoms in total. The van der Waals surface area contributed by atoms with E-state index < -0.39 is 12.0 Å². The van der Waals surface area contributed by atoms with Gasteiger partial charge in [-0.3, -0.25) is 9.36 Å². The Morgan fingerprint density at radius 2 is 1.87 bits per heavy atom. The van der Waals surface area contributed by atoms with Gasteiger partial charge in [0.15, 0.2) is 16.3 Å². The standard InChI is InChI=1S/C33H26BrI2N3O6S/c1-5-44-32(41)28-17(2)38-33-39(29(28)22-13-25(42-3)26(43-4)14-23(22)34)31(40)27(46-33)11-20-10-21(35)12-24(36)30(20)45-16-19-9-7-6-8-18(19)15-37/h6-14,29H,5,16H2,1-4H3/b27-11-/t29-/m0/s1. The summed E-state index contributed by atoms with van der Waals surface area (Å²) in [6.07, 6.45) is 1.78. The first kappa shape index (κ1) is 34.1. The number of halogens is 3. The number of hydrogen-bond acceptors (Lipinski definition) is 9. The molecule has 5 rings (SSSR count). The van der Waals surface area contributed by atoms with E-state index in [2.05, 4.69) is 67.2 Å². The minimum atomic E-state index is -0.860. The highest BCUT2D eigenvalue weighted by Crippen LogP contribution is 2.41. The number of carbonyl (C=O) groups is 1. The smallest absolute Gasteiger partial charge is 0.338 e. The Hall–Kier alpha value is -3.20. The van der Waals surface area contributed by atoms with E-state index in [1.54, 1.807) is 38.1 Å². The molecule has 0 saturated carbocycles. The normalized spacial score (nSPS) is 14.3. The van der Waals surface area contributed by atoms with Crippen LogP contribution in [0.3, 0.4) is 0 Å². The molecule has 46 heavy (non-hydrogen) atoms. The number of carbonyl (C=O) groups excluding carboxylic acids is 1. The highest BCUT2D eigenvalue weighted by Gasteiger charge is 2.35. The molecule has 0 fully saturated rings. The number of esters is 1. The molecule has 1 aliphatic rings. The molecule has 236 valence electrons. The van der Waals surface area contributed by atoms with E-state index in [1.165, 1.54) is 30.1 Å². The van der Waals surface area contributed by atoms with Crippen molar-refractivity contribution in [3.63, 3.8) is 0 Å². The van der Waals surface area contributed by atoms with Crippen LogP contribution in [0.1, 0.15) is 42.1 Å². The zero-order valence-electron chi connectivity index (χ0n) is 25.0. The minimum Gasteiger partial charge on any atom is -0.493 e. The van der Waals surface area contributed by atoms with Gasteiger partial charge in [0.2, 0.25) is 0 Å². The SMILES string of the molecule is CCOC(=O)C1=C(C)N=c2s/c(=C\c3cc(I)cc(I)c3OCc3ccccc3C#N)c(=O)n2[C@H]1c1cc(OC)c(OC)cc1Br. The number of nitrogens with zero attached hydrogens (tertiary/aromatic N) is 3. The monoisotopic (exact) mass is 925 g/mol. The Labute approximate surface area is 304 Å². The lowest BCUT2D eigenvalue weighted by Gasteiger charge is -2.26. The Morgan fingerprint density at radius 3 is 2.57 bits per heavy atom. The van der Waals surface area contributed by atoms with Gasteiger partial charge >= 0.3 is 5.97 Å². The van der Waals surface area contributed by atoms with Crippen LogP contribution in [0.15, 0.2) is 74.1 Å². The number of rotatable bonds is 9. The van der Waals surface area contributed by atoms with Gasteiger partial charge in [-0.2, -0.15) is 5.26 Å². The van der Waals surface area contributed by atoms with Gasteiger partial charge < -0.3 is 18.9 Å². The van der Waals surface area contributed by atoms with Crippen molar-refractivity contribution in [3.8, 4) is 23.3 Å². The lowest BCUT2D eigenvalue weighted by molar-refractivity contribution is -0.139. The number of benzene rings is 3. The van der Waals surface area contributed by atoms with E-state index in [0.717, 1.165) is 12.7 Å². The third kappa shape index (κ3) is 6.76. The number of fused-ring (bicyclic) bond motifs is 1. The fourth-order valence-electron chi connectivity index (χ4n) is 5.05. The van der Waals surface area contributed by atoms with Gasteiger partial charge in [0.25, 0.3) is 5.56 Å². The Morgan fingerprint density at radius 1 is 1.15 bits per heavy atom. The van der Waals surface area contributed by atoms with Crippen LogP contribution in [-0.2, 0) is 16.1 Å². The summed E-state index contributed by atoms with van der Waals surface area (Å²) in [6, 6.07) is 16.0. The van der Waals surface area contributed by atoms with Crippen molar-refractivity contribution in [1.29, 1.82) is 5.26 Å². The number of ether oxygens (including phenoxy) is 4. The minimum absolute atomic E-state index is 0.159. The lowest BCUT2D eigenvalue weighted by Crippen LogP contribution is -2.40. The van der Waals surface area contributed by atoms with E-state index in [0.29, 0.717) is 53.4 Å². The molecule has 1 aromatic heterocycles. The van der Waals surface area contributed by atoms with Gasteiger partial charge in [-0.15, -0.1) is 0 Å². The first-order valence-electron chi connectivity index (χ1n) is 13.8. The zero-order valence-corrected chi connectivity index (χ0v) is 31.7. The predicted octanol–water partition coefficient (Wildman–Crippen LogP) is 6.24. The highest BCUT2D eigenvalue weighted by atomic mass is 127. The molecule has 2 heterocycles. The third-order valence-electron chi connectivity index (χ3n) is 7.15. The molecule has 0 radical (unpaired) electrons. The molecular weight excluding hydrogens is 900 g/mol. The average Bonchev–Trinajstić information content (AvgIpc) is 3.33. The predicted molar refractivity (Wildman–Crippen MR) is 195 cm³/mol. The first-order chi connectivity index (χ1) is 22.1. The lowest BCUT2D eigenvalue weighted by atomic mass is 9.95. The maximum absolute atomic E-state index is 14.3. The van der Waals surface area contributed by atoms with Gasteiger partial charge in [0.05, 0.1) is 57.9 Å². The average molecular weight is 926 g/mol. The summed E-state index contributed by atoms with van der Waals surface area (Å²) in [5, 5.41) is 9.54. The van der Waals surface area contributed by atoms with Gasteiger partial charge in [-0.05, 0) is 101 Å². The van der Waals surface area contributed by atoms with Gasteiger partial charge in [0, 0.05) is 19.2 Å². The molecule has 0 unspecified atom stereocenters. The Balaban J connectivity index is 1.70. The molecule has 0 N–H and O–H groups in total. The second-order valence-electron chi connectivity index (χ2n) is 9.89. The molecule has 0 amide bonds. The highest BCUT2D eigenvalue weighted by molar-refractivity contribution is 14.1. The van der Waals surface area contributed by atoms with Crippen molar-refractivity contribution in [3.05, 3.63) is 113 Å². The molecule has 13 heteroatoms. The van der Waals surface area contributed by atoms with E-state index >= 15 is 0 Å². The van der Waals surface area contributed by atoms with Crippen LogP contribution in [0.2, 0.25) is 0 Å². The summed E-state index contributed by atoms with van der Waals surface area (Å²) in [4.78, 5) is 32.8. The van der Waals surface area contributed by atoms with Gasteiger partial charge in [-0.25, -0.2) is 9.79 Å². The van der Waals surface area contributed by atoms with Gasteiger partial charge in [-0.1, -0.05) is 45.5 Å². The van der Waals surface area contributed by atoms with Crippen LogP contribution >= 0.6 is 72.4 Å². The summed E-state index contributed by atoms with van der Waals surface area (Å²) in [5.41, 5.74) is 2.95. The van der Waals surface area contributed by atoms with Crippen molar-refractivity contribution in [2.24, 2.45) is 4.99 Å². The van der Waals surface area contributed by atoms with E-state index in [1.807, 2.05) is 30.3 Å². The molecular formula is C33H26BrI2N3O6S. The molecule has 3 aromatic carbocycles. The second-order valence-corrected chi connectivity index (χ2v) is 14.2.